The van der Waals surface area contributed by atoms with Crippen molar-refractivity contribution in [1.29, 1.82) is 0 Å². The van der Waals surface area contributed by atoms with Crippen LogP contribution in [0.25, 0.3) is 0 Å². The number of hydrogen-bond acceptors (Lipinski definition) is 4. The van der Waals surface area contributed by atoms with E-state index in [1.54, 1.807) is 27.2 Å². The summed E-state index contributed by atoms with van der Waals surface area (Å²) in [6.45, 7) is 3.97. The first-order valence-electron chi connectivity index (χ1n) is 5.77. The minimum Gasteiger partial charge on any atom is -0.497 e. The summed E-state index contributed by atoms with van der Waals surface area (Å²) in [5, 5.41) is 2.73. The van der Waals surface area contributed by atoms with Crippen LogP contribution in [0.4, 0.5) is 4.79 Å². The summed E-state index contributed by atoms with van der Waals surface area (Å²) >= 11 is 0. The molecule has 0 saturated carbocycles. The highest BCUT2D eigenvalue weighted by atomic mass is 16.5. The van der Waals surface area contributed by atoms with Crippen LogP contribution < -0.4 is 14.8 Å². The predicted molar refractivity (Wildman–Crippen MR) is 68.1 cm³/mol. The highest BCUT2D eigenvalue weighted by Gasteiger charge is 2.15. The second-order valence-corrected chi connectivity index (χ2v) is 3.69. The van der Waals surface area contributed by atoms with Crippen LogP contribution in [0, 0.1) is 0 Å². The van der Waals surface area contributed by atoms with Crippen molar-refractivity contribution < 1.29 is 19.0 Å². The lowest BCUT2D eigenvalue weighted by Crippen LogP contribution is -2.27. The SMILES string of the molecule is CCOC(=O)NC(C)c1ccc(OC)cc1OC. The molecule has 5 heteroatoms. The third-order valence-electron chi connectivity index (χ3n) is 2.52. The van der Waals surface area contributed by atoms with Gasteiger partial charge in [-0.2, -0.15) is 0 Å². The minimum absolute atomic E-state index is 0.204. The molecule has 5 nitrogen and oxygen atoms in total. The summed E-state index contributed by atoms with van der Waals surface area (Å²) in [5.41, 5.74) is 0.867. The molecule has 1 N–H and O–H groups in total. The Kier molecular flexibility index (Phi) is 5.30. The lowest BCUT2D eigenvalue weighted by Gasteiger charge is -2.17. The molecule has 18 heavy (non-hydrogen) atoms. The average molecular weight is 253 g/mol. The average Bonchev–Trinajstić information content (AvgIpc) is 2.38. The molecule has 0 aliphatic carbocycles. The third kappa shape index (κ3) is 3.55. The van der Waals surface area contributed by atoms with E-state index in [2.05, 4.69) is 5.32 Å². The number of amides is 1. The minimum atomic E-state index is -0.442. The second-order valence-electron chi connectivity index (χ2n) is 3.69. The number of rotatable bonds is 5. The Morgan fingerprint density at radius 2 is 2.06 bits per heavy atom. The van der Waals surface area contributed by atoms with Gasteiger partial charge >= 0.3 is 6.09 Å². The molecule has 1 unspecified atom stereocenters. The summed E-state index contributed by atoms with van der Waals surface area (Å²) in [4.78, 5) is 11.4. The van der Waals surface area contributed by atoms with Gasteiger partial charge in [-0.15, -0.1) is 0 Å². The number of methoxy groups -OCH3 is 2. The van der Waals surface area contributed by atoms with Gasteiger partial charge in [0, 0.05) is 11.6 Å². The lowest BCUT2D eigenvalue weighted by molar-refractivity contribution is 0.148. The van der Waals surface area contributed by atoms with Crippen molar-refractivity contribution in [3.63, 3.8) is 0 Å². The molecule has 1 amide bonds. The smallest absolute Gasteiger partial charge is 0.407 e. The first-order chi connectivity index (χ1) is 8.62. The molecule has 0 aromatic heterocycles. The van der Waals surface area contributed by atoms with E-state index >= 15 is 0 Å². The second kappa shape index (κ2) is 6.74. The third-order valence-corrected chi connectivity index (χ3v) is 2.52. The van der Waals surface area contributed by atoms with Crippen LogP contribution in [0.5, 0.6) is 11.5 Å². The molecule has 0 aliphatic rings. The van der Waals surface area contributed by atoms with E-state index in [-0.39, 0.29) is 6.04 Å². The highest BCUT2D eigenvalue weighted by molar-refractivity contribution is 5.68. The Labute approximate surface area is 107 Å². The van der Waals surface area contributed by atoms with Gasteiger partial charge in [0.15, 0.2) is 0 Å². The number of nitrogens with one attached hydrogen (secondary N) is 1. The zero-order valence-electron chi connectivity index (χ0n) is 11.1. The summed E-state index contributed by atoms with van der Waals surface area (Å²) in [7, 11) is 3.17. The van der Waals surface area contributed by atoms with E-state index < -0.39 is 6.09 Å². The van der Waals surface area contributed by atoms with Crippen LogP contribution in [0.1, 0.15) is 25.5 Å². The summed E-state index contributed by atoms with van der Waals surface area (Å²) in [6.07, 6.45) is -0.442. The van der Waals surface area contributed by atoms with Crippen molar-refractivity contribution in [2.24, 2.45) is 0 Å². The zero-order chi connectivity index (χ0) is 13.5. The van der Waals surface area contributed by atoms with E-state index in [1.165, 1.54) is 0 Å². The molecule has 1 aromatic carbocycles. The maximum Gasteiger partial charge on any atom is 0.407 e. The van der Waals surface area contributed by atoms with Crippen LogP contribution >= 0.6 is 0 Å². The first kappa shape index (κ1) is 14.2. The van der Waals surface area contributed by atoms with Crippen LogP contribution in [-0.4, -0.2) is 26.9 Å². The van der Waals surface area contributed by atoms with Gasteiger partial charge in [-0.3, -0.25) is 0 Å². The van der Waals surface area contributed by atoms with E-state index in [0.29, 0.717) is 18.1 Å². The molecule has 0 fully saturated rings. The molecule has 1 rings (SSSR count). The van der Waals surface area contributed by atoms with E-state index in [4.69, 9.17) is 14.2 Å². The monoisotopic (exact) mass is 253 g/mol. The van der Waals surface area contributed by atoms with Gasteiger partial charge in [0.05, 0.1) is 26.9 Å². The Morgan fingerprint density at radius 1 is 1.33 bits per heavy atom. The molecule has 0 radical (unpaired) electrons. The summed E-state index contributed by atoms with van der Waals surface area (Å²) < 4.78 is 15.2. The van der Waals surface area contributed by atoms with Gasteiger partial charge in [0.25, 0.3) is 0 Å². The molecular formula is C13H19NO4. The van der Waals surface area contributed by atoms with Crippen LogP contribution in [0.2, 0.25) is 0 Å². The van der Waals surface area contributed by atoms with E-state index in [9.17, 15) is 4.79 Å². The fourth-order valence-corrected chi connectivity index (χ4v) is 1.60. The van der Waals surface area contributed by atoms with Gasteiger partial charge < -0.3 is 19.5 Å². The molecule has 0 bridgehead atoms. The van der Waals surface area contributed by atoms with Crippen molar-refractivity contribution in [2.45, 2.75) is 19.9 Å². The van der Waals surface area contributed by atoms with Crippen molar-refractivity contribution >= 4 is 6.09 Å². The molecule has 0 saturated heterocycles. The van der Waals surface area contributed by atoms with Gasteiger partial charge in [-0.25, -0.2) is 4.79 Å². The number of hydrogen-bond donors (Lipinski definition) is 1. The Hall–Kier alpha value is -1.91. The lowest BCUT2D eigenvalue weighted by atomic mass is 10.1. The molecule has 1 atom stereocenters. The maximum absolute atomic E-state index is 11.4. The van der Waals surface area contributed by atoms with Gasteiger partial charge in [-0.1, -0.05) is 0 Å². The van der Waals surface area contributed by atoms with Crippen molar-refractivity contribution in [2.75, 3.05) is 20.8 Å². The number of alkyl carbamates (subject to hydrolysis) is 1. The number of carbonyl (C=O) groups excluding carboxylic acids is 1. The van der Waals surface area contributed by atoms with Crippen molar-refractivity contribution in [3.05, 3.63) is 23.8 Å². The van der Waals surface area contributed by atoms with Gasteiger partial charge in [-0.05, 0) is 26.0 Å². The molecular weight excluding hydrogens is 234 g/mol. The standard InChI is InChI=1S/C13H19NO4/c1-5-18-13(15)14-9(2)11-7-6-10(16-3)8-12(11)17-4/h6-9H,5H2,1-4H3,(H,14,15). The molecule has 1 aromatic rings. The fourth-order valence-electron chi connectivity index (χ4n) is 1.60. The van der Waals surface area contributed by atoms with Crippen molar-refractivity contribution in [3.8, 4) is 11.5 Å². The molecule has 0 spiro atoms. The highest BCUT2D eigenvalue weighted by Crippen LogP contribution is 2.29. The first-order valence-corrected chi connectivity index (χ1v) is 5.77. The van der Waals surface area contributed by atoms with Crippen LogP contribution in [0.15, 0.2) is 18.2 Å². The molecule has 100 valence electrons. The molecule has 0 aliphatic heterocycles. The molecule has 0 heterocycles. The number of carbonyl (C=O) groups is 1. The number of benzene rings is 1. The van der Waals surface area contributed by atoms with Crippen LogP contribution in [-0.2, 0) is 4.74 Å². The van der Waals surface area contributed by atoms with Crippen molar-refractivity contribution in [1.82, 2.24) is 5.32 Å². The topological polar surface area (TPSA) is 56.8 Å². The Balaban J connectivity index is 2.84. The predicted octanol–water partition coefficient (Wildman–Crippen LogP) is 2.51. The maximum atomic E-state index is 11.4. The Bertz CT molecular complexity index is 406. The van der Waals surface area contributed by atoms with E-state index in [0.717, 1.165) is 5.56 Å². The van der Waals surface area contributed by atoms with Crippen LogP contribution in [0.3, 0.4) is 0 Å². The van der Waals surface area contributed by atoms with Gasteiger partial charge in [0.1, 0.15) is 11.5 Å². The number of ether oxygens (including phenoxy) is 3. The summed E-state index contributed by atoms with van der Waals surface area (Å²) in [6, 6.07) is 5.25. The normalized spacial score (nSPS) is 11.6. The summed E-state index contributed by atoms with van der Waals surface area (Å²) in [5.74, 6) is 1.37. The largest absolute Gasteiger partial charge is 0.497 e. The van der Waals surface area contributed by atoms with Gasteiger partial charge in [0.2, 0.25) is 0 Å². The van der Waals surface area contributed by atoms with E-state index in [1.807, 2.05) is 19.1 Å². The Morgan fingerprint density at radius 3 is 2.61 bits per heavy atom. The fraction of sp³-hybridized carbons (Fsp3) is 0.462. The zero-order valence-corrected chi connectivity index (χ0v) is 11.1. The quantitative estimate of drug-likeness (QED) is 0.876.